The Bertz CT molecular complexity index is 680. The average molecular weight is 337 g/mol. The molecule has 1 atom stereocenters. The number of rotatable bonds is 4. The van der Waals surface area contributed by atoms with E-state index in [4.69, 9.17) is 23.2 Å². The van der Waals surface area contributed by atoms with Crippen molar-refractivity contribution in [1.29, 1.82) is 0 Å². The van der Waals surface area contributed by atoms with Crippen LogP contribution in [0, 0.1) is 0 Å². The van der Waals surface area contributed by atoms with Crippen LogP contribution in [0.1, 0.15) is 12.0 Å². The molecule has 114 valence electrons. The lowest BCUT2D eigenvalue weighted by Crippen LogP contribution is -2.38. The van der Waals surface area contributed by atoms with Crippen LogP contribution in [-0.2, 0) is 11.3 Å². The van der Waals surface area contributed by atoms with Gasteiger partial charge in [-0.1, -0.05) is 23.2 Å². The smallest absolute Gasteiger partial charge is 0.244 e. The van der Waals surface area contributed by atoms with E-state index in [2.05, 4.69) is 15.3 Å². The molecular formula is C15H14Cl2N4O. The van der Waals surface area contributed by atoms with E-state index in [0.29, 0.717) is 28.8 Å². The molecule has 22 heavy (non-hydrogen) atoms. The van der Waals surface area contributed by atoms with Gasteiger partial charge >= 0.3 is 0 Å². The molecule has 1 saturated heterocycles. The van der Waals surface area contributed by atoms with Gasteiger partial charge in [0.15, 0.2) is 0 Å². The first-order valence-corrected chi connectivity index (χ1v) is 7.64. The Balaban J connectivity index is 1.67. The number of benzene rings is 1. The second-order valence-corrected chi connectivity index (χ2v) is 5.90. The molecule has 1 amide bonds. The average Bonchev–Trinajstić information content (AvgIpc) is 2.87. The summed E-state index contributed by atoms with van der Waals surface area (Å²) >= 11 is 12.1. The van der Waals surface area contributed by atoms with Gasteiger partial charge in [0.2, 0.25) is 5.91 Å². The Kier molecular flexibility index (Phi) is 4.57. The molecule has 0 radical (unpaired) electrons. The van der Waals surface area contributed by atoms with Gasteiger partial charge in [-0.3, -0.25) is 4.79 Å². The highest BCUT2D eigenvalue weighted by atomic mass is 35.5. The first kappa shape index (κ1) is 15.2. The summed E-state index contributed by atoms with van der Waals surface area (Å²) in [6, 6.07) is 4.92. The van der Waals surface area contributed by atoms with Gasteiger partial charge in [-0.2, -0.15) is 0 Å². The molecule has 0 unspecified atom stereocenters. The van der Waals surface area contributed by atoms with Crippen molar-refractivity contribution in [2.24, 2.45) is 0 Å². The lowest BCUT2D eigenvalue weighted by atomic mass is 10.2. The summed E-state index contributed by atoms with van der Waals surface area (Å²) in [4.78, 5) is 22.1. The number of nitrogens with zero attached hydrogens (tertiary/aromatic N) is 3. The molecule has 0 saturated carbocycles. The Hall–Kier alpha value is -1.69. The first-order valence-electron chi connectivity index (χ1n) is 6.89. The second-order valence-electron chi connectivity index (χ2n) is 5.05. The predicted octanol–water partition coefficient (Wildman–Crippen LogP) is 2.68. The molecule has 1 aliphatic rings. The van der Waals surface area contributed by atoms with Crippen LogP contribution in [-0.4, -0.2) is 28.5 Å². The van der Waals surface area contributed by atoms with Crippen LogP contribution in [0.3, 0.4) is 0 Å². The third-order valence-corrected chi connectivity index (χ3v) is 4.11. The van der Waals surface area contributed by atoms with Gasteiger partial charge in [-0.15, -0.1) is 0 Å². The number of hydrogen-bond donors (Lipinski definition) is 1. The fourth-order valence-corrected chi connectivity index (χ4v) is 2.98. The van der Waals surface area contributed by atoms with Crippen molar-refractivity contribution in [1.82, 2.24) is 15.3 Å². The van der Waals surface area contributed by atoms with Crippen LogP contribution in [0.15, 0.2) is 36.9 Å². The van der Waals surface area contributed by atoms with Crippen molar-refractivity contribution < 1.29 is 4.79 Å². The molecule has 5 nitrogen and oxygen atoms in total. The van der Waals surface area contributed by atoms with Crippen LogP contribution in [0.25, 0.3) is 0 Å². The number of halogens is 2. The standard InChI is InChI=1S/C15H14Cl2N4O/c16-11-1-2-14(12(17)5-11)21-4-3-13(15(21)22)20-8-10-6-18-9-19-7-10/h1-2,5-7,9,13,20H,3-4,8H2/t13-/m0/s1. The zero-order valence-electron chi connectivity index (χ0n) is 11.7. The van der Waals surface area contributed by atoms with Crippen LogP contribution in [0.2, 0.25) is 10.0 Å². The molecular weight excluding hydrogens is 323 g/mol. The van der Waals surface area contributed by atoms with Crippen molar-refractivity contribution in [3.63, 3.8) is 0 Å². The molecule has 2 aromatic rings. The van der Waals surface area contributed by atoms with E-state index in [1.165, 1.54) is 6.33 Å². The van der Waals surface area contributed by atoms with E-state index in [1.807, 2.05) is 0 Å². The summed E-state index contributed by atoms with van der Waals surface area (Å²) in [5, 5.41) is 4.28. The summed E-state index contributed by atoms with van der Waals surface area (Å²) in [7, 11) is 0. The second kappa shape index (κ2) is 6.60. The number of amides is 1. The molecule has 3 rings (SSSR count). The highest BCUT2D eigenvalue weighted by Gasteiger charge is 2.33. The van der Waals surface area contributed by atoms with Gasteiger partial charge in [0, 0.05) is 36.1 Å². The molecule has 0 spiro atoms. The lowest BCUT2D eigenvalue weighted by molar-refractivity contribution is -0.118. The summed E-state index contributed by atoms with van der Waals surface area (Å²) in [5.74, 6) is 0.0149. The topological polar surface area (TPSA) is 58.1 Å². The SMILES string of the molecule is O=C1[C@@H](NCc2cncnc2)CCN1c1ccc(Cl)cc1Cl. The molecule has 2 heterocycles. The zero-order chi connectivity index (χ0) is 15.5. The normalized spacial score (nSPS) is 18.0. The maximum atomic E-state index is 12.5. The third-order valence-electron chi connectivity index (χ3n) is 3.57. The summed E-state index contributed by atoms with van der Waals surface area (Å²) in [6.45, 7) is 1.18. The number of nitrogens with one attached hydrogen (secondary N) is 1. The molecule has 1 aliphatic heterocycles. The quantitative estimate of drug-likeness (QED) is 0.932. The number of carbonyl (C=O) groups excluding carboxylic acids is 1. The molecule has 1 aromatic heterocycles. The van der Waals surface area contributed by atoms with Crippen molar-refractivity contribution in [3.05, 3.63) is 52.5 Å². The van der Waals surface area contributed by atoms with E-state index in [9.17, 15) is 4.79 Å². The highest BCUT2D eigenvalue weighted by molar-refractivity contribution is 6.36. The predicted molar refractivity (Wildman–Crippen MR) is 86.1 cm³/mol. The number of hydrogen-bond acceptors (Lipinski definition) is 4. The van der Waals surface area contributed by atoms with Crippen LogP contribution >= 0.6 is 23.2 Å². The van der Waals surface area contributed by atoms with Crippen LogP contribution < -0.4 is 10.2 Å². The van der Waals surface area contributed by atoms with Gasteiger partial charge in [-0.25, -0.2) is 9.97 Å². The largest absolute Gasteiger partial charge is 0.310 e. The Morgan fingerprint density at radius 3 is 2.77 bits per heavy atom. The molecule has 0 bridgehead atoms. The summed E-state index contributed by atoms with van der Waals surface area (Å²) in [6.07, 6.45) is 5.67. The van der Waals surface area contributed by atoms with Gasteiger partial charge < -0.3 is 10.2 Å². The maximum Gasteiger partial charge on any atom is 0.244 e. The Labute approximate surface area is 138 Å². The van der Waals surface area contributed by atoms with Crippen molar-refractivity contribution in [2.45, 2.75) is 19.0 Å². The molecule has 7 heteroatoms. The minimum Gasteiger partial charge on any atom is -0.310 e. The summed E-state index contributed by atoms with van der Waals surface area (Å²) in [5.41, 5.74) is 1.64. The number of carbonyl (C=O) groups is 1. The fraction of sp³-hybridized carbons (Fsp3) is 0.267. The minimum atomic E-state index is -0.230. The van der Waals surface area contributed by atoms with Crippen LogP contribution in [0.4, 0.5) is 5.69 Å². The summed E-state index contributed by atoms with van der Waals surface area (Å²) < 4.78 is 0. The van der Waals surface area contributed by atoms with E-state index < -0.39 is 0 Å². The lowest BCUT2D eigenvalue weighted by Gasteiger charge is -2.18. The van der Waals surface area contributed by atoms with Crippen LogP contribution in [0.5, 0.6) is 0 Å². The first-order chi connectivity index (χ1) is 10.6. The van der Waals surface area contributed by atoms with E-state index >= 15 is 0 Å². The van der Waals surface area contributed by atoms with E-state index in [1.54, 1.807) is 35.5 Å². The number of aromatic nitrogens is 2. The van der Waals surface area contributed by atoms with Gasteiger partial charge in [0.1, 0.15) is 6.33 Å². The van der Waals surface area contributed by atoms with Crippen molar-refractivity contribution in [3.8, 4) is 0 Å². The van der Waals surface area contributed by atoms with Gasteiger partial charge in [0.25, 0.3) is 0 Å². The fourth-order valence-electron chi connectivity index (χ4n) is 2.47. The van der Waals surface area contributed by atoms with E-state index in [-0.39, 0.29) is 11.9 Å². The van der Waals surface area contributed by atoms with E-state index in [0.717, 1.165) is 12.0 Å². The highest BCUT2D eigenvalue weighted by Crippen LogP contribution is 2.31. The third kappa shape index (κ3) is 3.21. The van der Waals surface area contributed by atoms with Crippen molar-refractivity contribution in [2.75, 3.05) is 11.4 Å². The maximum absolute atomic E-state index is 12.5. The Morgan fingerprint density at radius 2 is 2.05 bits per heavy atom. The Morgan fingerprint density at radius 1 is 1.27 bits per heavy atom. The monoisotopic (exact) mass is 336 g/mol. The van der Waals surface area contributed by atoms with Crippen molar-refractivity contribution >= 4 is 34.8 Å². The van der Waals surface area contributed by atoms with Gasteiger partial charge in [-0.05, 0) is 24.6 Å². The molecule has 1 aromatic carbocycles. The molecule has 1 fully saturated rings. The molecule has 1 N–H and O–H groups in total. The number of anilines is 1. The molecule has 0 aliphatic carbocycles. The van der Waals surface area contributed by atoms with Gasteiger partial charge in [0.05, 0.1) is 16.8 Å². The zero-order valence-corrected chi connectivity index (χ0v) is 13.2. The minimum absolute atomic E-state index is 0.0149.